The first kappa shape index (κ1) is 12.9. The standard InChI is InChI=1S/C16H21NOS/c1-3-16(2)11-14(6-8-18-16)17-13-4-5-15-12(10-13)7-9-19-15/h4-5,7,9-10,14,17H,3,6,8,11H2,1-2H3. The van der Waals surface area contributed by atoms with Gasteiger partial charge in [0.05, 0.1) is 5.60 Å². The molecular formula is C16H21NOS. The third-order valence-electron chi connectivity index (χ3n) is 4.17. The first-order valence-electron chi connectivity index (χ1n) is 7.06. The van der Waals surface area contributed by atoms with E-state index in [1.54, 1.807) is 11.3 Å². The van der Waals surface area contributed by atoms with Gasteiger partial charge in [0.15, 0.2) is 0 Å². The predicted octanol–water partition coefficient (Wildman–Crippen LogP) is 4.66. The molecule has 0 bridgehead atoms. The van der Waals surface area contributed by atoms with Crippen molar-refractivity contribution in [3.8, 4) is 0 Å². The van der Waals surface area contributed by atoms with E-state index in [1.165, 1.54) is 15.8 Å². The maximum absolute atomic E-state index is 5.90. The van der Waals surface area contributed by atoms with Crippen LogP contribution in [0, 0.1) is 0 Å². The lowest BCUT2D eigenvalue weighted by atomic mass is 9.90. The van der Waals surface area contributed by atoms with Gasteiger partial charge in [-0.25, -0.2) is 0 Å². The van der Waals surface area contributed by atoms with E-state index in [0.717, 1.165) is 25.9 Å². The minimum absolute atomic E-state index is 0.0440. The maximum Gasteiger partial charge on any atom is 0.0671 e. The highest BCUT2D eigenvalue weighted by atomic mass is 32.1. The molecule has 1 fully saturated rings. The van der Waals surface area contributed by atoms with E-state index in [1.807, 2.05) is 0 Å². The Morgan fingerprint density at radius 1 is 1.42 bits per heavy atom. The van der Waals surface area contributed by atoms with Gasteiger partial charge in [0.2, 0.25) is 0 Å². The fourth-order valence-electron chi connectivity index (χ4n) is 2.79. The zero-order chi connectivity index (χ0) is 13.3. The van der Waals surface area contributed by atoms with Gasteiger partial charge < -0.3 is 10.1 Å². The van der Waals surface area contributed by atoms with Crippen molar-refractivity contribution < 1.29 is 4.74 Å². The van der Waals surface area contributed by atoms with Crippen molar-refractivity contribution in [2.24, 2.45) is 0 Å². The van der Waals surface area contributed by atoms with E-state index >= 15 is 0 Å². The fraction of sp³-hybridized carbons (Fsp3) is 0.500. The summed E-state index contributed by atoms with van der Waals surface area (Å²) in [6.07, 6.45) is 3.26. The molecule has 19 heavy (non-hydrogen) atoms. The molecule has 3 heteroatoms. The van der Waals surface area contributed by atoms with Gasteiger partial charge in [-0.05, 0) is 61.2 Å². The molecule has 2 unspecified atom stereocenters. The van der Waals surface area contributed by atoms with Gasteiger partial charge in [-0.15, -0.1) is 11.3 Å². The highest BCUT2D eigenvalue weighted by Crippen LogP contribution is 2.30. The Balaban J connectivity index is 1.73. The Morgan fingerprint density at radius 3 is 3.16 bits per heavy atom. The van der Waals surface area contributed by atoms with E-state index in [2.05, 4.69) is 48.8 Å². The summed E-state index contributed by atoms with van der Waals surface area (Å²) in [5, 5.41) is 7.16. The van der Waals surface area contributed by atoms with Crippen LogP contribution in [0.3, 0.4) is 0 Å². The van der Waals surface area contributed by atoms with Crippen LogP contribution >= 0.6 is 11.3 Å². The Hall–Kier alpha value is -1.06. The Morgan fingerprint density at radius 2 is 2.32 bits per heavy atom. The van der Waals surface area contributed by atoms with Crippen LogP contribution in [0.25, 0.3) is 10.1 Å². The van der Waals surface area contributed by atoms with Crippen LogP contribution in [-0.2, 0) is 4.74 Å². The van der Waals surface area contributed by atoms with Gasteiger partial charge in [0, 0.05) is 23.0 Å². The molecule has 0 spiro atoms. The molecule has 2 atom stereocenters. The van der Waals surface area contributed by atoms with Crippen LogP contribution < -0.4 is 5.32 Å². The molecule has 1 aliphatic rings. The van der Waals surface area contributed by atoms with Crippen molar-refractivity contribution in [3.63, 3.8) is 0 Å². The molecule has 3 rings (SSSR count). The van der Waals surface area contributed by atoms with Crippen LogP contribution in [-0.4, -0.2) is 18.2 Å². The van der Waals surface area contributed by atoms with Crippen molar-refractivity contribution >= 4 is 27.1 Å². The molecule has 1 N–H and O–H groups in total. The first-order valence-corrected chi connectivity index (χ1v) is 7.94. The number of thiophene rings is 1. The van der Waals surface area contributed by atoms with Crippen molar-refractivity contribution in [1.82, 2.24) is 0 Å². The van der Waals surface area contributed by atoms with Crippen molar-refractivity contribution in [2.45, 2.75) is 44.8 Å². The van der Waals surface area contributed by atoms with Crippen LogP contribution in [0.1, 0.15) is 33.1 Å². The number of hydrogen-bond acceptors (Lipinski definition) is 3. The first-order chi connectivity index (χ1) is 9.18. The summed E-state index contributed by atoms with van der Waals surface area (Å²) in [4.78, 5) is 0. The third kappa shape index (κ3) is 2.77. The van der Waals surface area contributed by atoms with Crippen LogP contribution in [0.5, 0.6) is 0 Å². The van der Waals surface area contributed by atoms with Crippen LogP contribution in [0.4, 0.5) is 5.69 Å². The van der Waals surface area contributed by atoms with Gasteiger partial charge in [0.1, 0.15) is 0 Å². The molecule has 2 aromatic rings. The topological polar surface area (TPSA) is 21.3 Å². The van der Waals surface area contributed by atoms with E-state index in [4.69, 9.17) is 4.74 Å². The monoisotopic (exact) mass is 275 g/mol. The second kappa shape index (κ2) is 5.14. The van der Waals surface area contributed by atoms with Gasteiger partial charge in [0.25, 0.3) is 0 Å². The number of benzene rings is 1. The molecule has 0 radical (unpaired) electrons. The number of hydrogen-bond donors (Lipinski definition) is 1. The zero-order valence-corrected chi connectivity index (χ0v) is 12.4. The highest BCUT2D eigenvalue weighted by molar-refractivity contribution is 7.17. The third-order valence-corrected chi connectivity index (χ3v) is 5.06. The van der Waals surface area contributed by atoms with Gasteiger partial charge in [-0.2, -0.15) is 0 Å². The minimum atomic E-state index is 0.0440. The molecule has 1 aliphatic heterocycles. The summed E-state index contributed by atoms with van der Waals surface area (Å²) < 4.78 is 7.26. The number of rotatable bonds is 3. The number of ether oxygens (including phenoxy) is 1. The van der Waals surface area contributed by atoms with Crippen LogP contribution in [0.15, 0.2) is 29.6 Å². The summed E-state index contributed by atoms with van der Waals surface area (Å²) in [5.41, 5.74) is 1.28. The van der Waals surface area contributed by atoms with E-state index < -0.39 is 0 Å². The molecule has 1 aromatic carbocycles. The summed E-state index contributed by atoms with van der Waals surface area (Å²) in [6.45, 7) is 5.30. The van der Waals surface area contributed by atoms with Crippen molar-refractivity contribution in [3.05, 3.63) is 29.6 Å². The zero-order valence-electron chi connectivity index (χ0n) is 11.6. The molecule has 2 heterocycles. The highest BCUT2D eigenvalue weighted by Gasteiger charge is 2.31. The Labute approximate surface area is 118 Å². The number of fused-ring (bicyclic) bond motifs is 1. The molecule has 1 saturated heterocycles. The predicted molar refractivity (Wildman–Crippen MR) is 83.1 cm³/mol. The van der Waals surface area contributed by atoms with Crippen LogP contribution in [0.2, 0.25) is 0 Å². The van der Waals surface area contributed by atoms with E-state index in [0.29, 0.717) is 6.04 Å². The SMILES string of the molecule is CCC1(C)CC(Nc2ccc3sccc3c2)CCO1. The number of anilines is 1. The maximum atomic E-state index is 5.90. The Kier molecular flexibility index (Phi) is 3.50. The minimum Gasteiger partial charge on any atom is -0.382 e. The quantitative estimate of drug-likeness (QED) is 0.879. The average Bonchev–Trinajstić information content (AvgIpc) is 2.86. The summed E-state index contributed by atoms with van der Waals surface area (Å²) in [6, 6.07) is 9.36. The van der Waals surface area contributed by atoms with E-state index in [-0.39, 0.29) is 5.60 Å². The lowest BCUT2D eigenvalue weighted by Crippen LogP contribution is -2.41. The normalized spacial score (nSPS) is 27.6. The van der Waals surface area contributed by atoms with E-state index in [9.17, 15) is 0 Å². The number of nitrogens with one attached hydrogen (secondary N) is 1. The summed E-state index contributed by atoms with van der Waals surface area (Å²) in [5.74, 6) is 0. The molecule has 0 saturated carbocycles. The molecule has 2 nitrogen and oxygen atoms in total. The summed E-state index contributed by atoms with van der Waals surface area (Å²) >= 11 is 1.80. The average molecular weight is 275 g/mol. The lowest BCUT2D eigenvalue weighted by Gasteiger charge is -2.38. The van der Waals surface area contributed by atoms with Crippen molar-refractivity contribution in [1.29, 1.82) is 0 Å². The molecule has 0 amide bonds. The van der Waals surface area contributed by atoms with Gasteiger partial charge >= 0.3 is 0 Å². The fourth-order valence-corrected chi connectivity index (χ4v) is 3.56. The largest absolute Gasteiger partial charge is 0.382 e. The molecule has 1 aromatic heterocycles. The molecular weight excluding hydrogens is 254 g/mol. The van der Waals surface area contributed by atoms with Crippen molar-refractivity contribution in [2.75, 3.05) is 11.9 Å². The van der Waals surface area contributed by atoms with Gasteiger partial charge in [-0.1, -0.05) is 6.92 Å². The lowest BCUT2D eigenvalue weighted by molar-refractivity contribution is -0.0708. The second-order valence-corrected chi connectivity index (χ2v) is 6.61. The van der Waals surface area contributed by atoms with Gasteiger partial charge in [-0.3, -0.25) is 0 Å². The molecule has 0 aliphatic carbocycles. The second-order valence-electron chi connectivity index (χ2n) is 5.66. The summed E-state index contributed by atoms with van der Waals surface area (Å²) in [7, 11) is 0. The smallest absolute Gasteiger partial charge is 0.0671 e. The molecule has 102 valence electrons. The Bertz CT molecular complexity index is 565.